The van der Waals surface area contributed by atoms with E-state index in [2.05, 4.69) is 0 Å². The van der Waals surface area contributed by atoms with E-state index < -0.39 is 23.5 Å². The van der Waals surface area contributed by atoms with E-state index >= 15 is 0 Å². The fourth-order valence-electron chi connectivity index (χ4n) is 3.92. The Balaban J connectivity index is 1.94. The fraction of sp³-hybridized carbons (Fsp3) is 0.154. The summed E-state index contributed by atoms with van der Waals surface area (Å²) >= 11 is 5.97. The van der Waals surface area contributed by atoms with Crippen molar-refractivity contribution in [1.82, 2.24) is 0 Å². The van der Waals surface area contributed by atoms with Crippen molar-refractivity contribution < 1.29 is 28.6 Å². The first-order valence-corrected chi connectivity index (χ1v) is 10.9. The lowest BCUT2D eigenvalue weighted by atomic mass is 9.95. The number of benzene rings is 3. The standard InChI is InChI=1S/C26H21ClFNO5/c1-3-34-19-9-5-7-16(13-19)24(30)22-23(15-6-4-8-18(12-15)33-2)29(26(32)25(22)31)17-10-11-21(28)20(27)14-17/h4-14,23,30H,3H2,1-2H3/b24-22+. The van der Waals surface area contributed by atoms with Gasteiger partial charge in [0.2, 0.25) is 0 Å². The van der Waals surface area contributed by atoms with Crippen molar-refractivity contribution in [3.8, 4) is 11.5 Å². The monoisotopic (exact) mass is 481 g/mol. The predicted molar refractivity (Wildman–Crippen MR) is 127 cm³/mol. The van der Waals surface area contributed by atoms with Gasteiger partial charge in [0.15, 0.2) is 0 Å². The molecule has 3 aromatic rings. The van der Waals surface area contributed by atoms with Crippen LogP contribution >= 0.6 is 11.6 Å². The van der Waals surface area contributed by atoms with Crippen LogP contribution in [0.2, 0.25) is 5.02 Å². The Hall–Kier alpha value is -3.84. The van der Waals surface area contributed by atoms with E-state index in [9.17, 15) is 19.1 Å². The molecule has 1 N–H and O–H groups in total. The number of carbonyl (C=O) groups is 2. The number of nitrogens with zero attached hydrogens (tertiary/aromatic N) is 1. The van der Waals surface area contributed by atoms with Crippen molar-refractivity contribution >= 4 is 34.7 Å². The highest BCUT2D eigenvalue weighted by Crippen LogP contribution is 2.43. The number of ketones is 1. The quantitative estimate of drug-likeness (QED) is 0.285. The van der Waals surface area contributed by atoms with Crippen molar-refractivity contribution in [3.63, 3.8) is 0 Å². The molecule has 0 saturated carbocycles. The molecule has 1 atom stereocenters. The number of Topliss-reactive ketones (excluding diaryl/α,β-unsaturated/α-hetero) is 1. The van der Waals surface area contributed by atoms with Gasteiger partial charge < -0.3 is 14.6 Å². The zero-order valence-corrected chi connectivity index (χ0v) is 19.2. The lowest BCUT2D eigenvalue weighted by molar-refractivity contribution is -0.132. The Bertz CT molecular complexity index is 1310. The van der Waals surface area contributed by atoms with Crippen molar-refractivity contribution in [2.45, 2.75) is 13.0 Å². The molecule has 1 heterocycles. The molecule has 8 heteroatoms. The Morgan fingerprint density at radius 1 is 1.06 bits per heavy atom. The number of anilines is 1. The van der Waals surface area contributed by atoms with E-state index in [-0.39, 0.29) is 22.0 Å². The molecule has 34 heavy (non-hydrogen) atoms. The number of hydrogen-bond acceptors (Lipinski definition) is 5. The van der Waals surface area contributed by atoms with Crippen LogP contribution in [-0.2, 0) is 9.59 Å². The van der Waals surface area contributed by atoms with Crippen LogP contribution in [0.4, 0.5) is 10.1 Å². The molecule has 174 valence electrons. The van der Waals surface area contributed by atoms with Gasteiger partial charge in [0.25, 0.3) is 11.7 Å². The van der Waals surface area contributed by atoms with Gasteiger partial charge in [-0.05, 0) is 55.0 Å². The lowest BCUT2D eigenvalue weighted by Crippen LogP contribution is -2.29. The molecule has 1 fully saturated rings. The normalized spacial score (nSPS) is 17.2. The second kappa shape index (κ2) is 9.57. The van der Waals surface area contributed by atoms with Crippen LogP contribution in [0.25, 0.3) is 5.76 Å². The first kappa shape index (κ1) is 23.3. The van der Waals surface area contributed by atoms with E-state index in [0.29, 0.717) is 29.2 Å². The molecule has 0 aliphatic carbocycles. The first-order valence-electron chi connectivity index (χ1n) is 10.5. The number of aliphatic hydroxyl groups excluding tert-OH is 1. The molecule has 0 bridgehead atoms. The molecule has 1 saturated heterocycles. The summed E-state index contributed by atoms with van der Waals surface area (Å²) in [6.45, 7) is 2.25. The van der Waals surface area contributed by atoms with Gasteiger partial charge in [-0.25, -0.2) is 4.39 Å². The topological polar surface area (TPSA) is 76.1 Å². The van der Waals surface area contributed by atoms with Gasteiger partial charge in [0, 0.05) is 11.3 Å². The molecule has 1 aliphatic heterocycles. The van der Waals surface area contributed by atoms with Crippen LogP contribution in [0.1, 0.15) is 24.1 Å². The third-order valence-corrected chi connectivity index (χ3v) is 5.74. The molecule has 1 aliphatic rings. The van der Waals surface area contributed by atoms with E-state index in [4.69, 9.17) is 21.1 Å². The van der Waals surface area contributed by atoms with Gasteiger partial charge >= 0.3 is 0 Å². The van der Waals surface area contributed by atoms with E-state index in [1.54, 1.807) is 48.5 Å². The van der Waals surface area contributed by atoms with Crippen molar-refractivity contribution in [2.24, 2.45) is 0 Å². The Kier molecular flexibility index (Phi) is 6.56. The van der Waals surface area contributed by atoms with Crippen LogP contribution in [-0.4, -0.2) is 30.5 Å². The summed E-state index contributed by atoms with van der Waals surface area (Å²) in [5.74, 6) is -1.77. The zero-order chi connectivity index (χ0) is 24.4. The van der Waals surface area contributed by atoms with E-state index in [1.807, 2.05) is 6.92 Å². The molecular formula is C26H21ClFNO5. The summed E-state index contributed by atoms with van der Waals surface area (Å²) in [6.07, 6.45) is 0. The molecule has 0 aromatic heterocycles. The summed E-state index contributed by atoms with van der Waals surface area (Å²) in [4.78, 5) is 27.6. The van der Waals surface area contributed by atoms with Crippen molar-refractivity contribution in [3.05, 3.63) is 94.3 Å². The molecule has 0 radical (unpaired) electrons. The number of halogens is 2. The first-order chi connectivity index (χ1) is 16.3. The number of amides is 1. The smallest absolute Gasteiger partial charge is 0.300 e. The summed E-state index contributed by atoms with van der Waals surface area (Å²) in [5, 5.41) is 11.0. The van der Waals surface area contributed by atoms with Gasteiger partial charge in [-0.3, -0.25) is 14.5 Å². The van der Waals surface area contributed by atoms with Gasteiger partial charge in [-0.15, -0.1) is 0 Å². The van der Waals surface area contributed by atoms with E-state index in [0.717, 1.165) is 6.07 Å². The molecule has 1 amide bonds. The second-order valence-corrected chi connectivity index (χ2v) is 7.91. The van der Waals surface area contributed by atoms with E-state index in [1.165, 1.54) is 24.1 Å². The Labute approximate surface area is 200 Å². The van der Waals surface area contributed by atoms with Gasteiger partial charge in [-0.2, -0.15) is 0 Å². The maximum absolute atomic E-state index is 13.8. The summed E-state index contributed by atoms with van der Waals surface area (Å²) < 4.78 is 24.6. The minimum Gasteiger partial charge on any atom is -0.507 e. The van der Waals surface area contributed by atoms with Gasteiger partial charge in [0.05, 0.1) is 30.4 Å². The zero-order valence-electron chi connectivity index (χ0n) is 18.4. The molecule has 1 unspecified atom stereocenters. The van der Waals surface area contributed by atoms with Gasteiger partial charge in [-0.1, -0.05) is 35.9 Å². The largest absolute Gasteiger partial charge is 0.507 e. The molecule has 4 rings (SSSR count). The predicted octanol–water partition coefficient (Wildman–Crippen LogP) is 5.51. The number of ether oxygens (including phenoxy) is 2. The number of carbonyl (C=O) groups excluding carboxylic acids is 2. The van der Waals surface area contributed by atoms with Gasteiger partial charge in [0.1, 0.15) is 23.1 Å². The molecule has 3 aromatic carbocycles. The Morgan fingerprint density at radius 3 is 2.50 bits per heavy atom. The number of hydrogen-bond donors (Lipinski definition) is 1. The maximum Gasteiger partial charge on any atom is 0.300 e. The van der Waals surface area contributed by atoms with Crippen LogP contribution in [0, 0.1) is 5.82 Å². The average Bonchev–Trinajstić information content (AvgIpc) is 3.11. The SMILES string of the molecule is CCOc1cccc(/C(O)=C2\C(=O)C(=O)N(c3ccc(F)c(Cl)c3)C2c2cccc(OC)c2)c1. The van der Waals surface area contributed by atoms with Crippen LogP contribution in [0.5, 0.6) is 11.5 Å². The summed E-state index contributed by atoms with van der Waals surface area (Å²) in [5.41, 5.74) is 0.922. The molecule has 6 nitrogen and oxygen atoms in total. The third-order valence-electron chi connectivity index (χ3n) is 5.45. The minimum atomic E-state index is -1.01. The number of rotatable bonds is 6. The lowest BCUT2D eigenvalue weighted by Gasteiger charge is -2.26. The summed E-state index contributed by atoms with van der Waals surface area (Å²) in [6, 6.07) is 16.1. The molecule has 0 spiro atoms. The van der Waals surface area contributed by atoms with Crippen molar-refractivity contribution in [1.29, 1.82) is 0 Å². The van der Waals surface area contributed by atoms with Crippen molar-refractivity contribution in [2.75, 3.05) is 18.6 Å². The average molecular weight is 482 g/mol. The highest BCUT2D eigenvalue weighted by atomic mass is 35.5. The second-order valence-electron chi connectivity index (χ2n) is 7.50. The number of aliphatic hydroxyl groups is 1. The summed E-state index contributed by atoms with van der Waals surface area (Å²) in [7, 11) is 1.50. The minimum absolute atomic E-state index is 0.118. The fourth-order valence-corrected chi connectivity index (χ4v) is 4.09. The third kappa shape index (κ3) is 4.22. The van der Waals surface area contributed by atoms with Crippen LogP contribution < -0.4 is 14.4 Å². The highest BCUT2D eigenvalue weighted by Gasteiger charge is 2.47. The molecular weight excluding hydrogens is 461 g/mol. The number of methoxy groups -OCH3 is 1. The Morgan fingerprint density at radius 2 is 1.79 bits per heavy atom. The maximum atomic E-state index is 13.8. The van der Waals surface area contributed by atoms with Crippen LogP contribution in [0.3, 0.4) is 0 Å². The highest BCUT2D eigenvalue weighted by molar-refractivity contribution is 6.51. The van der Waals surface area contributed by atoms with Crippen LogP contribution in [0.15, 0.2) is 72.3 Å².